The van der Waals surface area contributed by atoms with Crippen molar-refractivity contribution in [3.8, 4) is 0 Å². The van der Waals surface area contributed by atoms with E-state index in [2.05, 4.69) is 20.6 Å². The van der Waals surface area contributed by atoms with Gasteiger partial charge in [-0.05, 0) is 48.5 Å². The molecular formula is C19H14N4O3. The fourth-order valence-electron chi connectivity index (χ4n) is 2.50. The van der Waals surface area contributed by atoms with Crippen molar-refractivity contribution in [1.29, 1.82) is 0 Å². The molecule has 0 unspecified atom stereocenters. The maximum absolute atomic E-state index is 12.3. The van der Waals surface area contributed by atoms with Crippen LogP contribution >= 0.6 is 0 Å². The Bertz CT molecular complexity index is 1030. The number of nitrogens with zero attached hydrogens (tertiary/aromatic N) is 1. The highest BCUT2D eigenvalue weighted by Crippen LogP contribution is 2.16. The van der Waals surface area contributed by atoms with Crippen LogP contribution in [0.3, 0.4) is 0 Å². The average molecular weight is 346 g/mol. The van der Waals surface area contributed by atoms with Crippen molar-refractivity contribution in [2.75, 3.05) is 10.6 Å². The number of fused-ring (bicyclic) bond motifs is 1. The second-order valence-electron chi connectivity index (χ2n) is 5.57. The molecule has 0 saturated heterocycles. The summed E-state index contributed by atoms with van der Waals surface area (Å²) in [7, 11) is 0. The molecule has 0 saturated carbocycles. The van der Waals surface area contributed by atoms with Crippen molar-refractivity contribution in [2.24, 2.45) is 0 Å². The fourth-order valence-corrected chi connectivity index (χ4v) is 2.50. The molecule has 3 N–H and O–H groups in total. The number of hydrogen-bond acceptors (Lipinski definition) is 4. The average Bonchev–Trinajstić information content (AvgIpc) is 3.31. The minimum Gasteiger partial charge on any atom is -0.459 e. The molecule has 0 bridgehead atoms. The van der Waals surface area contributed by atoms with Crippen LogP contribution in [-0.2, 0) is 0 Å². The Kier molecular flexibility index (Phi) is 3.95. The van der Waals surface area contributed by atoms with E-state index in [1.165, 1.54) is 6.26 Å². The van der Waals surface area contributed by atoms with Gasteiger partial charge in [0.2, 0.25) is 5.95 Å². The molecular weight excluding hydrogens is 332 g/mol. The molecule has 0 spiro atoms. The first-order valence-corrected chi connectivity index (χ1v) is 7.90. The van der Waals surface area contributed by atoms with Crippen LogP contribution in [0.5, 0.6) is 0 Å². The normalized spacial score (nSPS) is 10.6. The minimum atomic E-state index is -0.352. The highest BCUT2D eigenvalue weighted by molar-refractivity contribution is 6.05. The molecule has 2 heterocycles. The molecule has 128 valence electrons. The summed E-state index contributed by atoms with van der Waals surface area (Å²) in [6.07, 6.45) is 1.43. The van der Waals surface area contributed by atoms with E-state index < -0.39 is 0 Å². The number of imidazole rings is 1. The van der Waals surface area contributed by atoms with E-state index in [4.69, 9.17) is 4.42 Å². The van der Waals surface area contributed by atoms with Gasteiger partial charge < -0.3 is 14.7 Å². The zero-order chi connectivity index (χ0) is 17.9. The summed E-state index contributed by atoms with van der Waals surface area (Å²) in [6.45, 7) is 0. The summed E-state index contributed by atoms with van der Waals surface area (Å²) in [6, 6.07) is 17.3. The van der Waals surface area contributed by atoms with E-state index >= 15 is 0 Å². The molecule has 2 aromatic heterocycles. The number of aromatic amines is 1. The fraction of sp³-hybridized carbons (Fsp3) is 0. The lowest BCUT2D eigenvalue weighted by Crippen LogP contribution is -2.14. The summed E-state index contributed by atoms with van der Waals surface area (Å²) in [5.74, 6) is -0.0504. The number of hydrogen-bond donors (Lipinski definition) is 3. The van der Waals surface area contributed by atoms with E-state index in [0.29, 0.717) is 17.2 Å². The molecule has 2 aromatic carbocycles. The molecule has 4 aromatic rings. The van der Waals surface area contributed by atoms with E-state index in [9.17, 15) is 9.59 Å². The van der Waals surface area contributed by atoms with Gasteiger partial charge in [0, 0.05) is 11.3 Å². The third-order valence-electron chi connectivity index (χ3n) is 3.77. The molecule has 0 aliphatic rings. The number of aromatic nitrogens is 2. The van der Waals surface area contributed by atoms with Gasteiger partial charge in [-0.3, -0.25) is 14.9 Å². The van der Waals surface area contributed by atoms with E-state index in [1.807, 2.05) is 24.3 Å². The maximum Gasteiger partial charge on any atom is 0.291 e. The van der Waals surface area contributed by atoms with Gasteiger partial charge in [-0.2, -0.15) is 0 Å². The number of furan rings is 1. The number of carbonyl (C=O) groups is 2. The van der Waals surface area contributed by atoms with Crippen LogP contribution in [0.1, 0.15) is 20.9 Å². The van der Waals surface area contributed by atoms with Crippen LogP contribution in [0, 0.1) is 0 Å². The van der Waals surface area contributed by atoms with Crippen molar-refractivity contribution in [1.82, 2.24) is 9.97 Å². The van der Waals surface area contributed by atoms with Gasteiger partial charge in [0.05, 0.1) is 17.3 Å². The number of carbonyl (C=O) groups excluding carboxylic acids is 2. The Labute approximate surface area is 148 Å². The zero-order valence-electron chi connectivity index (χ0n) is 13.5. The lowest BCUT2D eigenvalue weighted by molar-refractivity contribution is 0.0995. The van der Waals surface area contributed by atoms with Crippen LogP contribution in [0.4, 0.5) is 11.6 Å². The Morgan fingerprint density at radius 1 is 0.885 bits per heavy atom. The highest BCUT2D eigenvalue weighted by Gasteiger charge is 2.11. The Hall–Kier alpha value is -3.87. The lowest BCUT2D eigenvalue weighted by atomic mass is 10.2. The monoisotopic (exact) mass is 346 g/mol. The largest absolute Gasteiger partial charge is 0.459 e. The van der Waals surface area contributed by atoms with Gasteiger partial charge >= 0.3 is 0 Å². The SMILES string of the molecule is O=C(Nc1nc2ccccc2[nH]1)c1ccc(NC(=O)c2ccco2)cc1. The predicted molar refractivity (Wildman–Crippen MR) is 97.2 cm³/mol. The Balaban J connectivity index is 1.44. The predicted octanol–water partition coefficient (Wildman–Crippen LogP) is 3.66. The van der Waals surface area contributed by atoms with Crippen LogP contribution in [-0.4, -0.2) is 21.8 Å². The molecule has 26 heavy (non-hydrogen) atoms. The van der Waals surface area contributed by atoms with Gasteiger partial charge in [-0.15, -0.1) is 0 Å². The summed E-state index contributed by atoms with van der Waals surface area (Å²) in [4.78, 5) is 31.6. The summed E-state index contributed by atoms with van der Waals surface area (Å²) in [5.41, 5.74) is 2.63. The summed E-state index contributed by atoms with van der Waals surface area (Å²) < 4.78 is 5.03. The van der Waals surface area contributed by atoms with Crippen molar-refractivity contribution >= 4 is 34.5 Å². The van der Waals surface area contributed by atoms with Gasteiger partial charge in [-0.25, -0.2) is 4.98 Å². The first-order valence-electron chi connectivity index (χ1n) is 7.90. The number of para-hydroxylation sites is 2. The van der Waals surface area contributed by atoms with E-state index in [-0.39, 0.29) is 17.6 Å². The van der Waals surface area contributed by atoms with Crippen LogP contribution in [0.15, 0.2) is 71.3 Å². The number of rotatable bonds is 4. The summed E-state index contributed by atoms with van der Waals surface area (Å²) >= 11 is 0. The topological polar surface area (TPSA) is 100 Å². The number of amides is 2. The molecule has 7 nitrogen and oxygen atoms in total. The third-order valence-corrected chi connectivity index (χ3v) is 3.77. The smallest absolute Gasteiger partial charge is 0.291 e. The first-order chi connectivity index (χ1) is 12.7. The Morgan fingerprint density at radius 2 is 1.69 bits per heavy atom. The lowest BCUT2D eigenvalue weighted by Gasteiger charge is -2.05. The van der Waals surface area contributed by atoms with Crippen molar-refractivity contribution in [3.63, 3.8) is 0 Å². The molecule has 0 atom stereocenters. The van der Waals surface area contributed by atoms with Gasteiger partial charge in [-0.1, -0.05) is 12.1 Å². The van der Waals surface area contributed by atoms with E-state index in [0.717, 1.165) is 11.0 Å². The molecule has 7 heteroatoms. The van der Waals surface area contributed by atoms with Crippen molar-refractivity contribution in [3.05, 3.63) is 78.3 Å². The van der Waals surface area contributed by atoms with Crippen LogP contribution in [0.25, 0.3) is 11.0 Å². The van der Waals surface area contributed by atoms with Crippen molar-refractivity contribution in [2.45, 2.75) is 0 Å². The third kappa shape index (κ3) is 3.18. The molecule has 0 aliphatic heterocycles. The molecule has 2 amide bonds. The summed E-state index contributed by atoms with van der Waals surface area (Å²) in [5, 5.41) is 5.42. The van der Waals surface area contributed by atoms with Crippen molar-refractivity contribution < 1.29 is 14.0 Å². The number of nitrogens with one attached hydrogen (secondary N) is 3. The van der Waals surface area contributed by atoms with Crippen LogP contribution in [0.2, 0.25) is 0 Å². The van der Waals surface area contributed by atoms with Crippen LogP contribution < -0.4 is 10.6 Å². The second-order valence-corrected chi connectivity index (χ2v) is 5.57. The molecule has 4 rings (SSSR count). The number of anilines is 2. The molecule has 0 aliphatic carbocycles. The standard InChI is InChI=1S/C19H14N4O3/c24-17(23-19-21-14-4-1-2-5-15(14)22-19)12-7-9-13(10-8-12)20-18(25)16-6-3-11-26-16/h1-11H,(H,20,25)(H2,21,22,23,24). The van der Waals surface area contributed by atoms with E-state index in [1.54, 1.807) is 36.4 Å². The second kappa shape index (κ2) is 6.56. The van der Waals surface area contributed by atoms with Gasteiger partial charge in [0.15, 0.2) is 5.76 Å². The molecule has 0 fully saturated rings. The number of benzene rings is 2. The quantitative estimate of drug-likeness (QED) is 0.525. The zero-order valence-corrected chi connectivity index (χ0v) is 13.5. The minimum absolute atomic E-state index is 0.219. The molecule has 0 radical (unpaired) electrons. The number of H-pyrrole nitrogens is 1. The first kappa shape index (κ1) is 15.6. The van der Waals surface area contributed by atoms with Gasteiger partial charge in [0.1, 0.15) is 0 Å². The highest BCUT2D eigenvalue weighted by atomic mass is 16.3. The van der Waals surface area contributed by atoms with Gasteiger partial charge in [0.25, 0.3) is 11.8 Å². The Morgan fingerprint density at radius 3 is 2.42 bits per heavy atom. The maximum atomic E-state index is 12.3.